The molecule has 1 fully saturated rings. The molecule has 2 aliphatic rings. The van der Waals surface area contributed by atoms with E-state index in [9.17, 15) is 13.2 Å². The first-order valence-corrected chi connectivity index (χ1v) is 14.0. The molecule has 2 atom stereocenters. The van der Waals surface area contributed by atoms with E-state index in [2.05, 4.69) is 19.2 Å². The molecule has 0 radical (unpaired) electrons. The van der Waals surface area contributed by atoms with E-state index in [0.29, 0.717) is 36.4 Å². The number of hydrogen-bond donors (Lipinski definition) is 1. The third-order valence-electron chi connectivity index (χ3n) is 7.19. The van der Waals surface area contributed by atoms with Gasteiger partial charge in [0, 0.05) is 30.1 Å². The monoisotopic (exact) mass is 504 g/mol. The highest BCUT2D eigenvalue weighted by Gasteiger charge is 2.40. The Bertz CT molecular complexity index is 1130. The van der Waals surface area contributed by atoms with E-state index in [0.717, 1.165) is 24.2 Å². The summed E-state index contributed by atoms with van der Waals surface area (Å²) in [4.78, 5) is 13.3. The largest absolute Gasteiger partial charge is 0.487 e. The lowest BCUT2D eigenvalue weighted by atomic mass is 9.83. The number of hydrogen-bond acceptors (Lipinski definition) is 4. The Labute approximate surface area is 207 Å². The van der Waals surface area contributed by atoms with E-state index >= 15 is 0 Å². The number of carbonyl (C=O) groups is 1. The lowest BCUT2D eigenvalue weighted by molar-refractivity contribution is -0.127. The van der Waals surface area contributed by atoms with Gasteiger partial charge in [-0.15, -0.1) is 0 Å². The average Bonchev–Trinajstić information content (AvgIpc) is 2.83. The molecule has 2 unspecified atom stereocenters. The maximum atomic E-state index is 13.3. The van der Waals surface area contributed by atoms with Gasteiger partial charge in [0.1, 0.15) is 11.4 Å². The number of halogens is 1. The van der Waals surface area contributed by atoms with Gasteiger partial charge in [-0.25, -0.2) is 12.7 Å². The van der Waals surface area contributed by atoms with E-state index < -0.39 is 10.0 Å². The first-order valence-electron chi connectivity index (χ1n) is 12.1. The molecule has 1 amide bonds. The number of rotatable bonds is 7. The molecular weight excluding hydrogens is 472 g/mol. The number of ether oxygens (including phenoxy) is 1. The zero-order chi connectivity index (χ0) is 24.3. The van der Waals surface area contributed by atoms with Crippen molar-refractivity contribution < 1.29 is 17.9 Å². The summed E-state index contributed by atoms with van der Waals surface area (Å²) < 4.78 is 34.0. The summed E-state index contributed by atoms with van der Waals surface area (Å²) in [6, 6.07) is 14.6. The quantitative estimate of drug-likeness (QED) is 0.570. The number of carbonyl (C=O) groups excluding carboxylic acids is 1. The highest BCUT2D eigenvalue weighted by molar-refractivity contribution is 7.88. The summed E-state index contributed by atoms with van der Waals surface area (Å²) in [5, 5.41) is 3.75. The van der Waals surface area contributed by atoms with Crippen molar-refractivity contribution in [2.45, 2.75) is 63.3 Å². The smallest absolute Gasteiger partial charge is 0.224 e. The van der Waals surface area contributed by atoms with Crippen LogP contribution in [0.2, 0.25) is 5.02 Å². The molecule has 2 aromatic rings. The minimum absolute atomic E-state index is 0.0922. The van der Waals surface area contributed by atoms with Crippen LogP contribution in [0.3, 0.4) is 0 Å². The fraction of sp³-hybridized carbons (Fsp3) is 0.500. The Morgan fingerprint density at radius 2 is 1.94 bits per heavy atom. The van der Waals surface area contributed by atoms with Gasteiger partial charge < -0.3 is 10.1 Å². The van der Waals surface area contributed by atoms with Crippen molar-refractivity contribution in [3.05, 3.63) is 64.7 Å². The second-order valence-corrected chi connectivity index (χ2v) is 11.8. The number of nitrogens with one attached hydrogen (secondary N) is 1. The number of piperidine rings is 1. The SMILES string of the molecule is CCC1(CC)CC(NC(=O)C2CCCN(S(=O)(=O)Cc3cccc(Cl)c3)C2)c2ccccc2O1. The van der Waals surface area contributed by atoms with E-state index in [1.54, 1.807) is 24.3 Å². The molecular formula is C26H33ClN2O4S. The van der Waals surface area contributed by atoms with Crippen LogP contribution in [-0.2, 0) is 20.6 Å². The van der Waals surface area contributed by atoms with Crippen LogP contribution in [0.5, 0.6) is 5.75 Å². The van der Waals surface area contributed by atoms with Gasteiger partial charge in [0.05, 0.1) is 17.7 Å². The molecule has 0 aliphatic carbocycles. The maximum Gasteiger partial charge on any atom is 0.224 e. The second-order valence-electron chi connectivity index (χ2n) is 9.38. The Morgan fingerprint density at radius 3 is 2.68 bits per heavy atom. The molecule has 0 aromatic heterocycles. The van der Waals surface area contributed by atoms with Crippen LogP contribution in [0.25, 0.3) is 0 Å². The summed E-state index contributed by atoms with van der Waals surface area (Å²) in [5.74, 6) is 0.225. The second kappa shape index (κ2) is 10.3. The Hall–Kier alpha value is -2.09. The van der Waals surface area contributed by atoms with Crippen molar-refractivity contribution in [1.82, 2.24) is 9.62 Å². The molecule has 2 aromatic carbocycles. The van der Waals surface area contributed by atoms with E-state index in [4.69, 9.17) is 16.3 Å². The van der Waals surface area contributed by atoms with E-state index in [-0.39, 0.29) is 35.8 Å². The minimum Gasteiger partial charge on any atom is -0.487 e. The molecule has 1 N–H and O–H groups in total. The summed E-state index contributed by atoms with van der Waals surface area (Å²) in [6.45, 7) is 4.86. The average molecular weight is 505 g/mol. The number of amides is 1. The number of fused-ring (bicyclic) bond motifs is 1. The molecule has 184 valence electrons. The summed E-state index contributed by atoms with van der Waals surface area (Å²) in [6.07, 6.45) is 3.73. The zero-order valence-electron chi connectivity index (χ0n) is 19.8. The number of para-hydroxylation sites is 1. The first kappa shape index (κ1) is 25.0. The third kappa shape index (κ3) is 5.42. The Morgan fingerprint density at radius 1 is 1.18 bits per heavy atom. The first-order chi connectivity index (χ1) is 16.2. The normalized spacial score (nSPS) is 22.4. The van der Waals surface area contributed by atoms with Crippen LogP contribution in [0.1, 0.15) is 63.1 Å². The molecule has 6 nitrogen and oxygen atoms in total. The summed E-state index contributed by atoms with van der Waals surface area (Å²) >= 11 is 6.02. The summed E-state index contributed by atoms with van der Waals surface area (Å²) in [7, 11) is -3.55. The van der Waals surface area contributed by atoms with Gasteiger partial charge in [-0.05, 0) is 49.4 Å². The third-order valence-corrected chi connectivity index (χ3v) is 9.24. The van der Waals surface area contributed by atoms with Crippen LogP contribution >= 0.6 is 11.6 Å². The molecule has 0 saturated carbocycles. The molecule has 2 heterocycles. The van der Waals surface area contributed by atoms with Gasteiger partial charge in [-0.3, -0.25) is 4.79 Å². The highest BCUT2D eigenvalue weighted by atomic mass is 35.5. The van der Waals surface area contributed by atoms with E-state index in [1.165, 1.54) is 4.31 Å². The van der Waals surface area contributed by atoms with Gasteiger partial charge >= 0.3 is 0 Å². The van der Waals surface area contributed by atoms with Crippen LogP contribution in [0, 0.1) is 5.92 Å². The van der Waals surface area contributed by atoms with Gasteiger partial charge in [-0.2, -0.15) is 0 Å². The van der Waals surface area contributed by atoms with Crippen LogP contribution in [0.4, 0.5) is 0 Å². The molecule has 4 rings (SSSR count). The molecule has 34 heavy (non-hydrogen) atoms. The Kier molecular flexibility index (Phi) is 7.55. The van der Waals surface area contributed by atoms with Crippen molar-refractivity contribution in [3.8, 4) is 5.75 Å². The standard InChI is InChI=1S/C26H33ClN2O4S/c1-3-26(4-2)16-23(22-12-5-6-13-24(22)33-26)28-25(30)20-10-8-14-29(17-20)34(31,32)18-19-9-7-11-21(27)15-19/h5-7,9,11-13,15,20,23H,3-4,8,10,14,16-18H2,1-2H3,(H,28,30). The number of nitrogens with zero attached hydrogens (tertiary/aromatic N) is 1. The fourth-order valence-electron chi connectivity index (χ4n) is 5.06. The van der Waals surface area contributed by atoms with E-state index in [1.807, 2.05) is 24.3 Å². The predicted octanol–water partition coefficient (Wildman–Crippen LogP) is 5.08. The minimum atomic E-state index is -3.55. The van der Waals surface area contributed by atoms with Gasteiger partial charge in [0.25, 0.3) is 0 Å². The van der Waals surface area contributed by atoms with Crippen LogP contribution < -0.4 is 10.1 Å². The van der Waals surface area contributed by atoms with Crippen molar-refractivity contribution in [2.75, 3.05) is 13.1 Å². The predicted molar refractivity (Wildman–Crippen MR) is 134 cm³/mol. The molecule has 1 saturated heterocycles. The van der Waals surface area contributed by atoms with Crippen molar-refractivity contribution in [3.63, 3.8) is 0 Å². The van der Waals surface area contributed by atoms with Gasteiger partial charge in [-0.1, -0.05) is 55.8 Å². The molecule has 0 spiro atoms. The Balaban J connectivity index is 1.47. The molecule has 2 aliphatic heterocycles. The lowest BCUT2D eigenvalue weighted by Crippen LogP contribution is -2.49. The van der Waals surface area contributed by atoms with Crippen molar-refractivity contribution in [2.24, 2.45) is 5.92 Å². The lowest BCUT2D eigenvalue weighted by Gasteiger charge is -2.42. The van der Waals surface area contributed by atoms with Gasteiger partial charge in [0.15, 0.2) is 0 Å². The molecule has 0 bridgehead atoms. The zero-order valence-corrected chi connectivity index (χ0v) is 21.4. The highest BCUT2D eigenvalue weighted by Crippen LogP contribution is 2.42. The van der Waals surface area contributed by atoms with Crippen molar-refractivity contribution >= 4 is 27.5 Å². The van der Waals surface area contributed by atoms with Crippen LogP contribution in [-0.4, -0.2) is 37.3 Å². The number of sulfonamides is 1. The number of benzene rings is 2. The summed E-state index contributed by atoms with van der Waals surface area (Å²) in [5.41, 5.74) is 1.31. The topological polar surface area (TPSA) is 75.7 Å². The van der Waals surface area contributed by atoms with Gasteiger partial charge in [0.2, 0.25) is 15.9 Å². The molecule has 8 heteroatoms. The van der Waals surface area contributed by atoms with Crippen LogP contribution in [0.15, 0.2) is 48.5 Å². The van der Waals surface area contributed by atoms with Crippen molar-refractivity contribution in [1.29, 1.82) is 0 Å². The fourth-order valence-corrected chi connectivity index (χ4v) is 6.87. The maximum absolute atomic E-state index is 13.3.